The minimum absolute atomic E-state index is 0.0141. The number of aliphatic hydroxyl groups excluding tert-OH is 1. The highest BCUT2D eigenvalue weighted by Crippen LogP contribution is 2.68. The summed E-state index contributed by atoms with van der Waals surface area (Å²) in [5, 5.41) is 13.0. The van der Waals surface area contributed by atoms with Gasteiger partial charge in [0.25, 0.3) is 0 Å². The van der Waals surface area contributed by atoms with Gasteiger partial charge in [-0.05, 0) is 117 Å². The maximum absolute atomic E-state index is 12.1. The van der Waals surface area contributed by atoms with Crippen LogP contribution in [-0.4, -0.2) is 29.4 Å². The zero-order valence-electron chi connectivity index (χ0n) is 20.3. The van der Waals surface area contributed by atoms with E-state index in [4.69, 9.17) is 0 Å². The van der Waals surface area contributed by atoms with E-state index in [1.54, 1.807) is 0 Å². The molecule has 0 bridgehead atoms. The van der Waals surface area contributed by atoms with Crippen molar-refractivity contribution in [3.05, 3.63) is 0 Å². The van der Waals surface area contributed by atoms with Gasteiger partial charge in [-0.15, -0.1) is 0 Å². The lowest BCUT2D eigenvalue weighted by molar-refractivity contribution is -0.130. The van der Waals surface area contributed by atoms with Crippen LogP contribution in [0, 0.1) is 46.3 Å². The summed E-state index contributed by atoms with van der Waals surface area (Å²) in [5.41, 5.74) is 0.871. The van der Waals surface area contributed by atoms with Gasteiger partial charge in [0.2, 0.25) is 5.91 Å². The van der Waals surface area contributed by atoms with E-state index in [1.165, 1.54) is 51.9 Å². The lowest BCUT2D eigenvalue weighted by Crippen LogP contribution is -2.54. The predicted octanol–water partition coefficient (Wildman–Crippen LogP) is 5.13. The first-order chi connectivity index (χ1) is 14.6. The van der Waals surface area contributed by atoms with Crippen LogP contribution in [-0.2, 0) is 9.59 Å². The van der Waals surface area contributed by atoms with Crippen LogP contribution in [0.5, 0.6) is 0 Å². The van der Waals surface area contributed by atoms with Crippen LogP contribution in [0.1, 0.15) is 98.3 Å². The summed E-state index contributed by atoms with van der Waals surface area (Å²) in [4.78, 5) is 23.2. The molecule has 0 aliphatic heterocycles. The summed E-state index contributed by atoms with van der Waals surface area (Å²) >= 11 is 0. The Labute approximate surface area is 189 Å². The quantitative estimate of drug-likeness (QED) is 0.613. The summed E-state index contributed by atoms with van der Waals surface area (Å²) in [6.07, 6.45) is 12.7. The average molecular weight is 432 g/mol. The Morgan fingerprint density at radius 1 is 1.00 bits per heavy atom. The Hall–Kier alpha value is -0.900. The number of fused-ring (bicyclic) bond motifs is 5. The Bertz CT molecular complexity index is 692. The van der Waals surface area contributed by atoms with Crippen molar-refractivity contribution in [2.24, 2.45) is 46.3 Å². The SMILES string of the molecule is CC(=O)CNC(=O)CC[C@@H](C)[C@H]1CCC2C3CCC4C[C@H](O)CC[C@]4(C)C3CC[C@@]21C. The van der Waals surface area contributed by atoms with E-state index in [1.807, 2.05) is 0 Å². The zero-order valence-corrected chi connectivity index (χ0v) is 20.3. The number of hydrogen-bond donors (Lipinski definition) is 2. The van der Waals surface area contributed by atoms with Gasteiger partial charge >= 0.3 is 0 Å². The van der Waals surface area contributed by atoms with E-state index >= 15 is 0 Å². The molecule has 4 saturated carbocycles. The number of hydrogen-bond acceptors (Lipinski definition) is 3. The molecule has 4 fully saturated rings. The Balaban J connectivity index is 1.40. The smallest absolute Gasteiger partial charge is 0.220 e. The molecule has 4 aliphatic rings. The summed E-state index contributed by atoms with van der Waals surface area (Å²) in [6.45, 7) is 9.19. The highest BCUT2D eigenvalue weighted by molar-refractivity contribution is 5.84. The molecule has 0 heterocycles. The third-order valence-electron chi connectivity index (χ3n) is 10.8. The molecule has 0 saturated heterocycles. The summed E-state index contributed by atoms with van der Waals surface area (Å²) in [5.74, 6) is 4.61. The number of amides is 1. The maximum atomic E-state index is 12.1. The van der Waals surface area contributed by atoms with Gasteiger partial charge in [0.05, 0.1) is 12.6 Å². The van der Waals surface area contributed by atoms with E-state index < -0.39 is 0 Å². The van der Waals surface area contributed by atoms with E-state index in [-0.39, 0.29) is 24.3 Å². The van der Waals surface area contributed by atoms with E-state index in [0.29, 0.717) is 23.2 Å². The molecule has 0 radical (unpaired) electrons. The number of nitrogens with one attached hydrogen (secondary N) is 1. The second-order valence-electron chi connectivity index (χ2n) is 12.3. The molecule has 176 valence electrons. The van der Waals surface area contributed by atoms with Gasteiger partial charge in [-0.2, -0.15) is 0 Å². The Morgan fingerprint density at radius 2 is 1.71 bits per heavy atom. The van der Waals surface area contributed by atoms with E-state index in [2.05, 4.69) is 26.1 Å². The van der Waals surface area contributed by atoms with Crippen molar-refractivity contribution in [2.45, 2.75) is 104 Å². The predicted molar refractivity (Wildman–Crippen MR) is 123 cm³/mol. The molecule has 4 unspecified atom stereocenters. The molecular formula is C27H45NO3. The van der Waals surface area contributed by atoms with Crippen molar-refractivity contribution >= 4 is 11.7 Å². The fourth-order valence-electron chi connectivity index (χ4n) is 9.08. The number of Topliss-reactive ketones (excluding diaryl/α,β-unsaturated/α-hetero) is 1. The number of rotatable bonds is 6. The minimum Gasteiger partial charge on any atom is -0.393 e. The van der Waals surface area contributed by atoms with E-state index in [0.717, 1.165) is 48.9 Å². The average Bonchev–Trinajstić information content (AvgIpc) is 3.08. The number of carbonyl (C=O) groups excluding carboxylic acids is 2. The van der Waals surface area contributed by atoms with Crippen LogP contribution < -0.4 is 5.32 Å². The number of carbonyl (C=O) groups is 2. The first-order valence-corrected chi connectivity index (χ1v) is 13.1. The molecule has 4 nitrogen and oxygen atoms in total. The Morgan fingerprint density at radius 3 is 2.45 bits per heavy atom. The maximum Gasteiger partial charge on any atom is 0.220 e. The molecule has 9 atom stereocenters. The highest BCUT2D eigenvalue weighted by atomic mass is 16.3. The lowest BCUT2D eigenvalue weighted by atomic mass is 9.44. The largest absolute Gasteiger partial charge is 0.393 e. The normalized spacial score (nSPS) is 45.2. The summed E-state index contributed by atoms with van der Waals surface area (Å²) in [6, 6.07) is 0. The molecule has 0 aromatic carbocycles. The molecule has 4 heteroatoms. The molecule has 0 aromatic heterocycles. The van der Waals surface area contributed by atoms with Gasteiger partial charge in [0, 0.05) is 6.42 Å². The van der Waals surface area contributed by atoms with Crippen LogP contribution in [0.2, 0.25) is 0 Å². The van der Waals surface area contributed by atoms with Gasteiger partial charge in [-0.3, -0.25) is 9.59 Å². The number of aliphatic hydroxyl groups is 1. The van der Waals surface area contributed by atoms with Gasteiger partial charge < -0.3 is 10.4 Å². The van der Waals surface area contributed by atoms with Crippen LogP contribution >= 0.6 is 0 Å². The molecule has 4 aliphatic carbocycles. The minimum atomic E-state index is -0.0622. The first-order valence-electron chi connectivity index (χ1n) is 13.1. The fraction of sp³-hybridized carbons (Fsp3) is 0.926. The van der Waals surface area contributed by atoms with Crippen LogP contribution in [0.4, 0.5) is 0 Å². The molecule has 4 rings (SSSR count). The van der Waals surface area contributed by atoms with Crippen LogP contribution in [0.15, 0.2) is 0 Å². The topological polar surface area (TPSA) is 66.4 Å². The second-order valence-corrected chi connectivity index (χ2v) is 12.3. The van der Waals surface area contributed by atoms with Gasteiger partial charge in [-0.25, -0.2) is 0 Å². The van der Waals surface area contributed by atoms with Crippen molar-refractivity contribution in [2.75, 3.05) is 6.54 Å². The molecule has 0 spiro atoms. The van der Waals surface area contributed by atoms with Gasteiger partial charge in [-0.1, -0.05) is 20.8 Å². The first kappa shape index (κ1) is 23.3. The summed E-state index contributed by atoms with van der Waals surface area (Å²) < 4.78 is 0. The van der Waals surface area contributed by atoms with Crippen molar-refractivity contribution in [1.82, 2.24) is 5.32 Å². The third-order valence-corrected chi connectivity index (χ3v) is 10.8. The standard InChI is InChI=1S/C27H45NO3/c1-17(5-10-25(31)28-16-18(2)29)22-8-9-23-21-7-6-19-15-20(30)11-13-26(19,3)24(21)12-14-27(22,23)4/h17,19-24,30H,5-16H2,1-4H3,(H,28,31)/t17-,19?,20-,21?,22-,23?,24?,26+,27-/m1/s1. The molecule has 1 amide bonds. The van der Waals surface area contributed by atoms with Crippen molar-refractivity contribution in [3.8, 4) is 0 Å². The fourth-order valence-corrected chi connectivity index (χ4v) is 9.08. The lowest BCUT2D eigenvalue weighted by Gasteiger charge is -2.61. The Kier molecular flexibility index (Phi) is 6.60. The highest BCUT2D eigenvalue weighted by Gasteiger charge is 2.60. The van der Waals surface area contributed by atoms with Crippen molar-refractivity contribution < 1.29 is 14.7 Å². The van der Waals surface area contributed by atoms with Crippen molar-refractivity contribution in [1.29, 1.82) is 0 Å². The molecule has 31 heavy (non-hydrogen) atoms. The van der Waals surface area contributed by atoms with Gasteiger partial charge in [0.1, 0.15) is 5.78 Å². The second kappa shape index (κ2) is 8.80. The zero-order chi connectivity index (χ0) is 22.4. The van der Waals surface area contributed by atoms with Crippen LogP contribution in [0.25, 0.3) is 0 Å². The van der Waals surface area contributed by atoms with E-state index in [9.17, 15) is 14.7 Å². The molecule has 2 N–H and O–H groups in total. The molecular weight excluding hydrogens is 386 g/mol. The summed E-state index contributed by atoms with van der Waals surface area (Å²) in [7, 11) is 0. The monoisotopic (exact) mass is 431 g/mol. The molecule has 0 aromatic rings. The third kappa shape index (κ3) is 4.23. The van der Waals surface area contributed by atoms with Gasteiger partial charge in [0.15, 0.2) is 0 Å². The number of ketones is 1. The van der Waals surface area contributed by atoms with Crippen molar-refractivity contribution in [3.63, 3.8) is 0 Å². The van der Waals surface area contributed by atoms with Crippen LogP contribution in [0.3, 0.4) is 0 Å².